The van der Waals surface area contributed by atoms with E-state index >= 15 is 0 Å². The molecular formula is C30H27NO3. The second-order valence-corrected chi connectivity index (χ2v) is 8.32. The Morgan fingerprint density at radius 3 is 2.35 bits per heavy atom. The highest BCUT2D eigenvalue weighted by molar-refractivity contribution is 6.01. The highest BCUT2D eigenvalue weighted by Gasteiger charge is 2.08. The van der Waals surface area contributed by atoms with Crippen LogP contribution in [0.1, 0.15) is 22.3 Å². The van der Waals surface area contributed by atoms with Gasteiger partial charge in [-0.1, -0.05) is 84.9 Å². The third-order valence-electron chi connectivity index (χ3n) is 5.97. The van der Waals surface area contributed by atoms with Gasteiger partial charge in [-0.2, -0.15) is 0 Å². The number of hydrogen-bond acceptors (Lipinski definition) is 2. The Morgan fingerprint density at radius 2 is 1.59 bits per heavy atom. The van der Waals surface area contributed by atoms with Crippen molar-refractivity contribution in [1.29, 1.82) is 0 Å². The monoisotopic (exact) mass is 449 g/mol. The number of rotatable bonds is 8. The molecule has 0 heterocycles. The van der Waals surface area contributed by atoms with E-state index in [0.29, 0.717) is 13.0 Å². The van der Waals surface area contributed by atoms with Gasteiger partial charge in [0.05, 0.1) is 6.42 Å². The molecule has 2 N–H and O–H groups in total. The molecule has 170 valence electrons. The van der Waals surface area contributed by atoms with E-state index in [1.165, 1.54) is 11.1 Å². The van der Waals surface area contributed by atoms with Gasteiger partial charge >= 0.3 is 5.97 Å². The van der Waals surface area contributed by atoms with Gasteiger partial charge in [0.2, 0.25) is 5.91 Å². The number of carboxylic acids is 1. The minimum absolute atomic E-state index is 0.0151. The number of carbonyl (C=O) groups is 2. The molecule has 0 radical (unpaired) electrons. The first kappa shape index (κ1) is 23.0. The molecule has 0 aliphatic carbocycles. The molecule has 0 aliphatic heterocycles. The maximum atomic E-state index is 12.4. The lowest BCUT2D eigenvalue weighted by Gasteiger charge is -2.10. The minimum Gasteiger partial charge on any atom is -0.478 e. The van der Waals surface area contributed by atoms with E-state index in [1.807, 2.05) is 66.7 Å². The first-order valence-electron chi connectivity index (χ1n) is 11.3. The number of aliphatic carboxylic acids is 1. The molecule has 1 amide bonds. The van der Waals surface area contributed by atoms with Crippen LogP contribution in [0.2, 0.25) is 0 Å². The van der Waals surface area contributed by atoms with Gasteiger partial charge in [0.25, 0.3) is 0 Å². The van der Waals surface area contributed by atoms with Gasteiger partial charge in [0.1, 0.15) is 0 Å². The molecule has 4 rings (SSSR count). The van der Waals surface area contributed by atoms with Gasteiger partial charge in [-0.3, -0.25) is 4.79 Å². The summed E-state index contributed by atoms with van der Waals surface area (Å²) in [7, 11) is 0. The molecule has 0 saturated heterocycles. The third kappa shape index (κ3) is 5.59. The van der Waals surface area contributed by atoms with Crippen molar-refractivity contribution in [3.05, 3.63) is 113 Å². The van der Waals surface area contributed by atoms with Crippen LogP contribution in [0, 0.1) is 6.92 Å². The largest absolute Gasteiger partial charge is 0.478 e. The average molecular weight is 450 g/mol. The summed E-state index contributed by atoms with van der Waals surface area (Å²) in [6, 6.07) is 28.2. The normalized spacial score (nSPS) is 11.1. The summed E-state index contributed by atoms with van der Waals surface area (Å²) < 4.78 is 0. The van der Waals surface area contributed by atoms with Crippen molar-refractivity contribution in [2.75, 3.05) is 6.54 Å². The molecule has 0 aliphatic rings. The summed E-state index contributed by atoms with van der Waals surface area (Å²) in [4.78, 5) is 23.3. The fourth-order valence-electron chi connectivity index (χ4n) is 4.17. The lowest BCUT2D eigenvalue weighted by atomic mass is 9.94. The molecule has 4 heteroatoms. The van der Waals surface area contributed by atoms with Crippen molar-refractivity contribution in [2.24, 2.45) is 0 Å². The standard InChI is InChI=1S/C30H27NO3/c1-21-6-2-3-7-23(21)18-19-31-29(32)20-22-12-14-25(15-13-22)27-10-5-9-26-24(16-17-30(33)34)8-4-11-28(26)27/h2-17H,18-20H2,1H3,(H,31,32)(H,33,34)/b17-16+. The summed E-state index contributed by atoms with van der Waals surface area (Å²) in [5, 5.41) is 14.0. The Balaban J connectivity index is 1.44. The Bertz CT molecular complexity index is 1350. The van der Waals surface area contributed by atoms with E-state index in [4.69, 9.17) is 5.11 Å². The summed E-state index contributed by atoms with van der Waals surface area (Å²) in [6.07, 6.45) is 3.94. The van der Waals surface area contributed by atoms with Crippen LogP contribution < -0.4 is 5.32 Å². The van der Waals surface area contributed by atoms with Crippen LogP contribution in [0.3, 0.4) is 0 Å². The molecule has 4 aromatic carbocycles. The molecule has 0 spiro atoms. The van der Waals surface area contributed by atoms with Crippen LogP contribution in [0.4, 0.5) is 0 Å². The first-order chi connectivity index (χ1) is 16.5. The van der Waals surface area contributed by atoms with Crippen LogP contribution in [0.15, 0.2) is 91.0 Å². The number of carboxylic acid groups (broad SMARTS) is 1. The predicted molar refractivity (Wildman–Crippen MR) is 138 cm³/mol. The molecule has 0 atom stereocenters. The number of carbonyl (C=O) groups excluding carboxylic acids is 1. The molecule has 4 nitrogen and oxygen atoms in total. The molecule has 0 fully saturated rings. The van der Waals surface area contributed by atoms with E-state index in [9.17, 15) is 9.59 Å². The lowest BCUT2D eigenvalue weighted by Crippen LogP contribution is -2.27. The van der Waals surface area contributed by atoms with Gasteiger partial charge in [0.15, 0.2) is 0 Å². The van der Waals surface area contributed by atoms with Gasteiger partial charge in [-0.15, -0.1) is 0 Å². The number of fused-ring (bicyclic) bond motifs is 1. The molecule has 0 bridgehead atoms. The van der Waals surface area contributed by atoms with Gasteiger partial charge < -0.3 is 10.4 Å². The van der Waals surface area contributed by atoms with Gasteiger partial charge in [-0.05, 0) is 63.6 Å². The zero-order valence-corrected chi connectivity index (χ0v) is 19.1. The summed E-state index contributed by atoms with van der Waals surface area (Å²) >= 11 is 0. The molecule has 0 unspecified atom stereocenters. The van der Waals surface area contributed by atoms with Crippen LogP contribution in [-0.2, 0) is 22.4 Å². The number of benzene rings is 4. The van der Waals surface area contributed by atoms with Crippen molar-refractivity contribution >= 4 is 28.7 Å². The minimum atomic E-state index is -0.969. The summed E-state index contributed by atoms with van der Waals surface area (Å²) in [6.45, 7) is 2.71. The Hall–Kier alpha value is -4.18. The maximum Gasteiger partial charge on any atom is 0.328 e. The topological polar surface area (TPSA) is 66.4 Å². The Morgan fingerprint density at radius 1 is 0.853 bits per heavy atom. The molecule has 4 aromatic rings. The Kier molecular flexibility index (Phi) is 7.19. The third-order valence-corrected chi connectivity index (χ3v) is 5.97. The van der Waals surface area contributed by atoms with Crippen molar-refractivity contribution in [3.8, 4) is 11.1 Å². The fraction of sp³-hybridized carbons (Fsp3) is 0.133. The fourth-order valence-corrected chi connectivity index (χ4v) is 4.17. The average Bonchev–Trinajstić information content (AvgIpc) is 2.84. The van der Waals surface area contributed by atoms with Crippen molar-refractivity contribution in [3.63, 3.8) is 0 Å². The molecular weight excluding hydrogens is 422 g/mol. The highest BCUT2D eigenvalue weighted by Crippen LogP contribution is 2.31. The van der Waals surface area contributed by atoms with Crippen LogP contribution >= 0.6 is 0 Å². The van der Waals surface area contributed by atoms with Gasteiger partial charge in [0, 0.05) is 12.6 Å². The smallest absolute Gasteiger partial charge is 0.328 e. The molecule has 0 saturated carbocycles. The molecule has 0 aromatic heterocycles. The predicted octanol–water partition coefficient (Wildman–Crippen LogP) is 5.81. The zero-order valence-electron chi connectivity index (χ0n) is 19.1. The number of nitrogens with one attached hydrogen (secondary N) is 1. The number of hydrogen-bond donors (Lipinski definition) is 2. The quantitative estimate of drug-likeness (QED) is 0.333. The number of amides is 1. The summed E-state index contributed by atoms with van der Waals surface area (Å²) in [5.74, 6) is -0.954. The lowest BCUT2D eigenvalue weighted by molar-refractivity contribution is -0.131. The van der Waals surface area contributed by atoms with E-state index in [-0.39, 0.29) is 5.91 Å². The maximum absolute atomic E-state index is 12.4. The van der Waals surface area contributed by atoms with E-state index in [0.717, 1.165) is 45.5 Å². The second-order valence-electron chi connectivity index (χ2n) is 8.32. The zero-order chi connectivity index (χ0) is 23.9. The molecule has 34 heavy (non-hydrogen) atoms. The Labute approximate surface area is 199 Å². The SMILES string of the molecule is Cc1ccccc1CCNC(=O)Cc1ccc(-c2cccc3c(/C=C/C(=O)O)cccc23)cc1. The van der Waals surface area contributed by atoms with Crippen LogP contribution in [0.5, 0.6) is 0 Å². The highest BCUT2D eigenvalue weighted by atomic mass is 16.4. The summed E-state index contributed by atoms with van der Waals surface area (Å²) in [5.41, 5.74) is 6.43. The number of aryl methyl sites for hydroxylation is 1. The van der Waals surface area contributed by atoms with E-state index in [2.05, 4.69) is 30.4 Å². The van der Waals surface area contributed by atoms with E-state index in [1.54, 1.807) is 6.08 Å². The van der Waals surface area contributed by atoms with Crippen molar-refractivity contribution in [2.45, 2.75) is 19.8 Å². The van der Waals surface area contributed by atoms with Gasteiger partial charge in [-0.25, -0.2) is 4.79 Å². The van der Waals surface area contributed by atoms with Crippen LogP contribution in [-0.4, -0.2) is 23.5 Å². The van der Waals surface area contributed by atoms with Crippen LogP contribution in [0.25, 0.3) is 28.0 Å². The van der Waals surface area contributed by atoms with Crippen molar-refractivity contribution in [1.82, 2.24) is 5.32 Å². The first-order valence-corrected chi connectivity index (χ1v) is 11.3. The van der Waals surface area contributed by atoms with E-state index < -0.39 is 5.97 Å². The van der Waals surface area contributed by atoms with Crippen molar-refractivity contribution < 1.29 is 14.7 Å². The second kappa shape index (κ2) is 10.6.